The largest absolute Gasteiger partial charge is 0.496 e. The molecule has 4 saturated carbocycles. The first-order valence-corrected chi connectivity index (χ1v) is 9.23. The molecule has 0 aromatic heterocycles. The van der Waals surface area contributed by atoms with E-state index in [9.17, 15) is 9.59 Å². The molecule has 1 aromatic carbocycles. The van der Waals surface area contributed by atoms with Crippen molar-refractivity contribution in [2.45, 2.75) is 38.1 Å². The second-order valence-electron chi connectivity index (χ2n) is 7.80. The molecule has 5 heteroatoms. The summed E-state index contributed by atoms with van der Waals surface area (Å²) in [6.07, 6.45) is 6.39. The molecule has 5 nitrogen and oxygen atoms in total. The fraction of sp³-hybridized carbons (Fsp3) is 0.600. The van der Waals surface area contributed by atoms with Crippen molar-refractivity contribution in [2.24, 2.45) is 23.7 Å². The summed E-state index contributed by atoms with van der Waals surface area (Å²) < 4.78 is 10.4. The van der Waals surface area contributed by atoms with E-state index < -0.39 is 5.97 Å². The van der Waals surface area contributed by atoms with Crippen molar-refractivity contribution in [1.29, 1.82) is 0 Å². The second kappa shape index (κ2) is 6.70. The maximum absolute atomic E-state index is 12.3. The molecule has 5 rings (SSSR count). The van der Waals surface area contributed by atoms with Gasteiger partial charge in [0.2, 0.25) is 0 Å². The van der Waals surface area contributed by atoms with Gasteiger partial charge in [-0.05, 0) is 67.9 Å². The molecule has 25 heavy (non-hydrogen) atoms. The average molecular weight is 343 g/mol. The highest BCUT2D eigenvalue weighted by molar-refractivity contribution is 5.94. The minimum absolute atomic E-state index is 0.194. The summed E-state index contributed by atoms with van der Waals surface area (Å²) in [4.78, 5) is 24.5. The standard InChI is InChI=1S/C20H25NO4/c1-24-17-5-3-2-4-16(17)20(23)25-11-18(22)21-19-14-7-12-6-13(9-14)10-15(19)8-12/h2-5,12-15,19H,6-11H2,1H3,(H,21,22). The van der Waals surface area contributed by atoms with Crippen LogP contribution in [0.25, 0.3) is 0 Å². The molecule has 134 valence electrons. The van der Waals surface area contributed by atoms with Gasteiger partial charge < -0.3 is 14.8 Å². The normalized spacial score (nSPS) is 32.3. The van der Waals surface area contributed by atoms with Crippen molar-refractivity contribution in [1.82, 2.24) is 5.32 Å². The van der Waals surface area contributed by atoms with E-state index in [0.717, 1.165) is 11.8 Å². The predicted molar refractivity (Wildman–Crippen MR) is 92.3 cm³/mol. The Morgan fingerprint density at radius 3 is 2.32 bits per heavy atom. The molecule has 0 aliphatic heterocycles. The molecule has 4 fully saturated rings. The summed E-state index contributed by atoms with van der Waals surface area (Å²) in [5, 5.41) is 3.15. The summed E-state index contributed by atoms with van der Waals surface area (Å²) in [5.74, 6) is 2.71. The monoisotopic (exact) mass is 343 g/mol. The van der Waals surface area contributed by atoms with Gasteiger partial charge in [-0.1, -0.05) is 12.1 Å². The Bertz CT molecular complexity index is 643. The van der Waals surface area contributed by atoms with E-state index in [1.807, 2.05) is 0 Å². The third kappa shape index (κ3) is 3.24. The van der Waals surface area contributed by atoms with Gasteiger partial charge in [0.05, 0.1) is 7.11 Å². The number of nitrogens with one attached hydrogen (secondary N) is 1. The quantitative estimate of drug-likeness (QED) is 0.835. The highest BCUT2D eigenvalue weighted by Gasteiger charge is 2.48. The van der Waals surface area contributed by atoms with Crippen molar-refractivity contribution in [3.8, 4) is 5.75 Å². The van der Waals surface area contributed by atoms with Crippen LogP contribution in [0.3, 0.4) is 0 Å². The molecule has 1 aromatic rings. The average Bonchev–Trinajstić information content (AvgIpc) is 2.62. The summed E-state index contributed by atoms with van der Waals surface area (Å²) in [7, 11) is 1.51. The first-order valence-electron chi connectivity index (χ1n) is 9.23. The highest BCUT2D eigenvalue weighted by atomic mass is 16.5. The number of methoxy groups -OCH3 is 1. The molecule has 0 heterocycles. The molecule has 0 radical (unpaired) electrons. The summed E-state index contributed by atoms with van der Waals surface area (Å²) in [5.41, 5.74) is 0.340. The number of hydrogen-bond acceptors (Lipinski definition) is 4. The van der Waals surface area contributed by atoms with Gasteiger partial charge in [-0.3, -0.25) is 4.79 Å². The van der Waals surface area contributed by atoms with E-state index >= 15 is 0 Å². The van der Waals surface area contributed by atoms with Crippen molar-refractivity contribution >= 4 is 11.9 Å². The number of amides is 1. The van der Waals surface area contributed by atoms with Gasteiger partial charge in [0, 0.05) is 6.04 Å². The number of ether oxygens (including phenoxy) is 2. The number of carbonyl (C=O) groups excluding carboxylic acids is 2. The Balaban J connectivity index is 1.32. The van der Waals surface area contributed by atoms with Gasteiger partial charge in [0.1, 0.15) is 11.3 Å². The Kier molecular flexibility index (Phi) is 4.40. The zero-order valence-corrected chi connectivity index (χ0v) is 14.6. The van der Waals surface area contributed by atoms with Gasteiger partial charge in [0.25, 0.3) is 5.91 Å². The molecule has 4 bridgehead atoms. The van der Waals surface area contributed by atoms with Crippen LogP contribution < -0.4 is 10.1 Å². The first-order chi connectivity index (χ1) is 12.1. The van der Waals surface area contributed by atoms with Gasteiger partial charge in [0.15, 0.2) is 6.61 Å². The van der Waals surface area contributed by atoms with Gasteiger partial charge >= 0.3 is 5.97 Å². The Labute approximate surface area is 148 Å². The topological polar surface area (TPSA) is 64.6 Å². The lowest BCUT2D eigenvalue weighted by atomic mass is 9.54. The van der Waals surface area contributed by atoms with Crippen LogP contribution in [0, 0.1) is 23.7 Å². The number of benzene rings is 1. The van der Waals surface area contributed by atoms with Crippen LogP contribution in [0.5, 0.6) is 5.75 Å². The first kappa shape index (κ1) is 16.4. The van der Waals surface area contributed by atoms with Crippen LogP contribution in [0.1, 0.15) is 42.5 Å². The molecular weight excluding hydrogens is 318 g/mol. The number of rotatable bonds is 5. The lowest BCUT2D eigenvalue weighted by Crippen LogP contribution is -2.56. The number of hydrogen-bond donors (Lipinski definition) is 1. The minimum atomic E-state index is -0.530. The second-order valence-corrected chi connectivity index (χ2v) is 7.80. The number of esters is 1. The maximum atomic E-state index is 12.3. The lowest BCUT2D eigenvalue weighted by Gasteiger charge is -2.54. The van der Waals surface area contributed by atoms with E-state index in [-0.39, 0.29) is 18.6 Å². The smallest absolute Gasteiger partial charge is 0.342 e. The van der Waals surface area contributed by atoms with Gasteiger partial charge in [-0.2, -0.15) is 0 Å². The highest BCUT2D eigenvalue weighted by Crippen LogP contribution is 2.53. The van der Waals surface area contributed by atoms with E-state index in [2.05, 4.69) is 5.32 Å². The van der Waals surface area contributed by atoms with E-state index in [0.29, 0.717) is 23.1 Å². The van der Waals surface area contributed by atoms with Crippen LogP contribution >= 0.6 is 0 Å². The Morgan fingerprint density at radius 2 is 1.68 bits per heavy atom. The van der Waals surface area contributed by atoms with Crippen LogP contribution in [0.2, 0.25) is 0 Å². The molecule has 0 saturated heterocycles. The molecule has 4 aliphatic carbocycles. The molecule has 4 aliphatic rings. The zero-order chi connectivity index (χ0) is 17.4. The molecule has 0 spiro atoms. The summed E-state index contributed by atoms with van der Waals surface area (Å²) >= 11 is 0. The summed E-state index contributed by atoms with van der Waals surface area (Å²) in [6, 6.07) is 7.13. The number of para-hydroxylation sites is 1. The van der Waals surface area contributed by atoms with E-state index in [4.69, 9.17) is 9.47 Å². The predicted octanol–water partition coefficient (Wildman–Crippen LogP) is 2.79. The minimum Gasteiger partial charge on any atom is -0.496 e. The van der Waals surface area contributed by atoms with E-state index in [1.54, 1.807) is 24.3 Å². The third-order valence-corrected chi connectivity index (χ3v) is 6.22. The van der Waals surface area contributed by atoms with E-state index in [1.165, 1.54) is 39.2 Å². The Morgan fingerprint density at radius 1 is 1.04 bits per heavy atom. The fourth-order valence-electron chi connectivity index (χ4n) is 5.41. The molecule has 1 N–H and O–H groups in total. The van der Waals surface area contributed by atoms with Crippen molar-refractivity contribution in [2.75, 3.05) is 13.7 Å². The Hall–Kier alpha value is -2.04. The molecule has 1 amide bonds. The van der Waals surface area contributed by atoms with Crippen LogP contribution in [-0.2, 0) is 9.53 Å². The van der Waals surface area contributed by atoms with Crippen LogP contribution in [-0.4, -0.2) is 31.6 Å². The molecular formula is C20H25NO4. The maximum Gasteiger partial charge on any atom is 0.342 e. The van der Waals surface area contributed by atoms with Crippen molar-refractivity contribution in [3.63, 3.8) is 0 Å². The lowest BCUT2D eigenvalue weighted by molar-refractivity contribution is -0.128. The fourth-order valence-corrected chi connectivity index (χ4v) is 5.41. The SMILES string of the molecule is COc1ccccc1C(=O)OCC(=O)NC1C2CC3CC(C2)CC1C3. The van der Waals surface area contributed by atoms with Crippen LogP contribution in [0.4, 0.5) is 0 Å². The van der Waals surface area contributed by atoms with Gasteiger partial charge in [-0.15, -0.1) is 0 Å². The van der Waals surface area contributed by atoms with Crippen molar-refractivity contribution in [3.05, 3.63) is 29.8 Å². The zero-order valence-electron chi connectivity index (χ0n) is 14.6. The third-order valence-electron chi connectivity index (χ3n) is 6.22. The molecule has 0 unspecified atom stereocenters. The molecule has 0 atom stereocenters. The van der Waals surface area contributed by atoms with Gasteiger partial charge in [-0.25, -0.2) is 4.79 Å². The van der Waals surface area contributed by atoms with Crippen LogP contribution in [0.15, 0.2) is 24.3 Å². The van der Waals surface area contributed by atoms with Crippen molar-refractivity contribution < 1.29 is 19.1 Å². The number of carbonyl (C=O) groups is 2. The summed E-state index contributed by atoms with van der Waals surface area (Å²) in [6.45, 7) is -0.236.